The second-order valence-corrected chi connectivity index (χ2v) is 5.63. The molecule has 0 bridgehead atoms. The molecule has 21 heavy (non-hydrogen) atoms. The third-order valence-electron chi connectivity index (χ3n) is 3.79. The molecule has 2 aromatic carbocycles. The molecule has 0 amide bonds. The number of benzene rings is 2. The van der Waals surface area contributed by atoms with Gasteiger partial charge in [0.05, 0.1) is 5.69 Å². The van der Waals surface area contributed by atoms with Gasteiger partial charge in [0.15, 0.2) is 0 Å². The van der Waals surface area contributed by atoms with Gasteiger partial charge >= 0.3 is 0 Å². The third kappa shape index (κ3) is 2.68. The molecule has 2 aromatic rings. The number of ether oxygens (including phenoxy) is 1. The summed E-state index contributed by atoms with van der Waals surface area (Å²) in [6, 6.07) is 17.1. The minimum Gasteiger partial charge on any atom is -0.440 e. The first-order chi connectivity index (χ1) is 10.1. The molecule has 0 radical (unpaired) electrons. The zero-order chi connectivity index (χ0) is 14.9. The highest BCUT2D eigenvalue weighted by Crippen LogP contribution is 2.36. The maximum absolute atomic E-state index is 15.3. The van der Waals surface area contributed by atoms with Crippen LogP contribution in [0.2, 0.25) is 0 Å². The van der Waals surface area contributed by atoms with Crippen LogP contribution in [0.5, 0.6) is 0 Å². The number of alkyl halides is 1. The van der Waals surface area contributed by atoms with E-state index in [-0.39, 0.29) is 12.3 Å². The van der Waals surface area contributed by atoms with Crippen molar-refractivity contribution in [3.8, 4) is 0 Å². The lowest BCUT2D eigenvalue weighted by molar-refractivity contribution is -0.108. The van der Waals surface area contributed by atoms with E-state index < -0.39 is 5.85 Å². The average molecular weight is 283 g/mol. The fraction of sp³-hybridized carbons (Fsp3) is 0.278. The van der Waals surface area contributed by atoms with E-state index in [1.807, 2.05) is 68.4 Å². The van der Waals surface area contributed by atoms with Crippen molar-refractivity contribution < 1.29 is 9.13 Å². The first-order valence-electron chi connectivity index (χ1n) is 7.18. The van der Waals surface area contributed by atoms with Crippen LogP contribution in [0.4, 0.5) is 10.1 Å². The van der Waals surface area contributed by atoms with Crippen LogP contribution in [0.3, 0.4) is 0 Å². The van der Waals surface area contributed by atoms with Gasteiger partial charge in [0.2, 0.25) is 5.90 Å². The van der Waals surface area contributed by atoms with Crippen molar-refractivity contribution in [1.82, 2.24) is 0 Å². The topological polar surface area (TPSA) is 21.6 Å². The highest BCUT2D eigenvalue weighted by atomic mass is 19.2. The van der Waals surface area contributed by atoms with Gasteiger partial charge in [-0.1, -0.05) is 50.2 Å². The maximum Gasteiger partial charge on any atom is 0.256 e. The molecular weight excluding hydrogens is 265 g/mol. The SMILES string of the molecule is CC(C)[C@]1(F)Cc2ccccc2N=C(c2ccccc2)O1. The Hall–Kier alpha value is -2.16. The van der Waals surface area contributed by atoms with Gasteiger partial charge in [0.25, 0.3) is 5.85 Å². The number of para-hydroxylation sites is 1. The van der Waals surface area contributed by atoms with Crippen LogP contribution in [0.1, 0.15) is 25.0 Å². The molecule has 3 heteroatoms. The first kappa shape index (κ1) is 13.8. The van der Waals surface area contributed by atoms with Crippen molar-refractivity contribution >= 4 is 11.6 Å². The van der Waals surface area contributed by atoms with Gasteiger partial charge in [-0.3, -0.25) is 0 Å². The lowest BCUT2D eigenvalue weighted by atomic mass is 9.96. The van der Waals surface area contributed by atoms with Crippen LogP contribution in [0, 0.1) is 5.92 Å². The summed E-state index contributed by atoms with van der Waals surface area (Å²) in [7, 11) is 0. The summed E-state index contributed by atoms with van der Waals surface area (Å²) in [5, 5.41) is 0. The second kappa shape index (κ2) is 5.32. The van der Waals surface area contributed by atoms with Crippen molar-refractivity contribution in [3.05, 3.63) is 65.7 Å². The van der Waals surface area contributed by atoms with Gasteiger partial charge in [-0.15, -0.1) is 0 Å². The predicted octanol–water partition coefficient (Wildman–Crippen LogP) is 4.66. The third-order valence-corrected chi connectivity index (χ3v) is 3.79. The largest absolute Gasteiger partial charge is 0.440 e. The van der Waals surface area contributed by atoms with Crippen molar-refractivity contribution in [2.24, 2.45) is 10.9 Å². The summed E-state index contributed by atoms with van der Waals surface area (Å²) in [4.78, 5) is 4.54. The van der Waals surface area contributed by atoms with E-state index in [0.29, 0.717) is 5.90 Å². The van der Waals surface area contributed by atoms with Crippen molar-refractivity contribution in [3.63, 3.8) is 0 Å². The fourth-order valence-electron chi connectivity index (χ4n) is 2.38. The van der Waals surface area contributed by atoms with E-state index in [2.05, 4.69) is 4.99 Å². The van der Waals surface area contributed by atoms with E-state index in [1.54, 1.807) is 0 Å². The lowest BCUT2D eigenvalue weighted by Gasteiger charge is -2.29. The van der Waals surface area contributed by atoms with Gasteiger partial charge < -0.3 is 4.74 Å². The molecular formula is C18H18FNO. The number of fused-ring (bicyclic) bond motifs is 1. The Labute approximate surface area is 124 Å². The average Bonchev–Trinajstić information content (AvgIpc) is 2.65. The number of halogens is 1. The molecule has 0 unspecified atom stereocenters. The molecule has 2 nitrogen and oxygen atoms in total. The summed E-state index contributed by atoms with van der Waals surface area (Å²) < 4.78 is 21.0. The van der Waals surface area contributed by atoms with Gasteiger partial charge in [0.1, 0.15) is 0 Å². The molecule has 3 rings (SSSR count). The number of aliphatic imine (C=N–C) groups is 1. The summed E-state index contributed by atoms with van der Waals surface area (Å²) in [5.41, 5.74) is 2.44. The number of hydrogen-bond acceptors (Lipinski definition) is 2. The summed E-state index contributed by atoms with van der Waals surface area (Å²) in [5.74, 6) is -1.67. The molecule has 0 spiro atoms. The van der Waals surface area contributed by atoms with Crippen LogP contribution >= 0.6 is 0 Å². The van der Waals surface area contributed by atoms with Gasteiger partial charge in [-0.05, 0) is 23.8 Å². The zero-order valence-electron chi connectivity index (χ0n) is 12.2. The minimum atomic E-state index is -1.75. The van der Waals surface area contributed by atoms with E-state index in [0.717, 1.165) is 16.8 Å². The Bertz CT molecular complexity index is 666. The Balaban J connectivity index is 2.13. The van der Waals surface area contributed by atoms with E-state index >= 15 is 4.39 Å². The van der Waals surface area contributed by atoms with E-state index in [9.17, 15) is 0 Å². The summed E-state index contributed by atoms with van der Waals surface area (Å²) in [6.45, 7) is 3.66. The monoisotopic (exact) mass is 283 g/mol. The molecule has 0 saturated heterocycles. The Kier molecular flexibility index (Phi) is 3.50. The summed E-state index contributed by atoms with van der Waals surface area (Å²) in [6.07, 6.45) is 0.209. The molecule has 0 N–H and O–H groups in total. The standard InChI is InChI=1S/C18H18FNO/c1-13(2)18(19)12-15-10-6-7-11-16(15)20-17(21-18)14-8-4-3-5-9-14/h3-11,13H,12H2,1-2H3/t18-/m0/s1. The maximum atomic E-state index is 15.3. The predicted molar refractivity (Wildman–Crippen MR) is 82.5 cm³/mol. The van der Waals surface area contributed by atoms with E-state index in [1.165, 1.54) is 0 Å². The molecule has 108 valence electrons. The molecule has 0 fully saturated rings. The Morgan fingerprint density at radius 1 is 1.05 bits per heavy atom. The highest BCUT2D eigenvalue weighted by molar-refractivity contribution is 5.96. The molecule has 0 aliphatic carbocycles. The smallest absolute Gasteiger partial charge is 0.256 e. The Morgan fingerprint density at radius 2 is 1.71 bits per heavy atom. The van der Waals surface area contributed by atoms with Crippen LogP contribution < -0.4 is 0 Å². The van der Waals surface area contributed by atoms with Crippen LogP contribution in [0.25, 0.3) is 0 Å². The number of nitrogens with zero attached hydrogens (tertiary/aromatic N) is 1. The van der Waals surface area contributed by atoms with Crippen molar-refractivity contribution in [2.45, 2.75) is 26.1 Å². The quantitative estimate of drug-likeness (QED) is 0.785. The molecule has 1 aliphatic heterocycles. The van der Waals surface area contributed by atoms with Crippen LogP contribution in [0.15, 0.2) is 59.6 Å². The number of rotatable bonds is 2. The first-order valence-corrected chi connectivity index (χ1v) is 7.18. The summed E-state index contributed by atoms with van der Waals surface area (Å²) >= 11 is 0. The van der Waals surface area contributed by atoms with Gasteiger partial charge in [0, 0.05) is 17.9 Å². The fourth-order valence-corrected chi connectivity index (χ4v) is 2.38. The molecule has 0 aromatic heterocycles. The highest BCUT2D eigenvalue weighted by Gasteiger charge is 2.40. The van der Waals surface area contributed by atoms with Crippen LogP contribution in [-0.2, 0) is 11.2 Å². The molecule has 1 aliphatic rings. The zero-order valence-corrected chi connectivity index (χ0v) is 12.2. The van der Waals surface area contributed by atoms with Crippen LogP contribution in [-0.4, -0.2) is 11.8 Å². The van der Waals surface area contributed by atoms with E-state index in [4.69, 9.17) is 4.74 Å². The minimum absolute atomic E-state index is 0.209. The molecule has 1 atom stereocenters. The molecule has 1 heterocycles. The normalized spacial score (nSPS) is 21.2. The Morgan fingerprint density at radius 3 is 2.43 bits per heavy atom. The van der Waals surface area contributed by atoms with Crippen molar-refractivity contribution in [2.75, 3.05) is 0 Å². The second-order valence-electron chi connectivity index (χ2n) is 5.63. The van der Waals surface area contributed by atoms with Gasteiger partial charge in [-0.25, -0.2) is 4.99 Å². The van der Waals surface area contributed by atoms with Crippen molar-refractivity contribution in [1.29, 1.82) is 0 Å². The van der Waals surface area contributed by atoms with Gasteiger partial charge in [-0.2, -0.15) is 4.39 Å². The molecule has 0 saturated carbocycles. The lowest BCUT2D eigenvalue weighted by Crippen LogP contribution is -2.37. The number of hydrogen-bond donors (Lipinski definition) is 0.